The molecule has 0 aliphatic rings. The molecule has 1 nitrogen and oxygen atoms in total. The zero-order chi connectivity index (χ0) is 10.3. The topological polar surface area (TPSA) is 12.9 Å². The van der Waals surface area contributed by atoms with Gasteiger partial charge in [0.2, 0.25) is 0 Å². The molecule has 0 amide bonds. The Bertz CT molecular complexity index is 508. The summed E-state index contributed by atoms with van der Waals surface area (Å²) in [5.41, 5.74) is 0.826. The van der Waals surface area contributed by atoms with Crippen LogP contribution in [0.25, 0.3) is 10.8 Å². The van der Waals surface area contributed by atoms with Crippen molar-refractivity contribution in [2.75, 3.05) is 0 Å². The SMILES string of the molecule is Cc1cc2c(Cl)c(Cl)ccc2c(Cl)n1. The van der Waals surface area contributed by atoms with Crippen molar-refractivity contribution in [2.24, 2.45) is 0 Å². The smallest absolute Gasteiger partial charge is 0.137 e. The quantitative estimate of drug-likeness (QED) is 0.624. The molecule has 1 aromatic heterocycles. The Morgan fingerprint density at radius 3 is 2.50 bits per heavy atom. The van der Waals surface area contributed by atoms with Crippen molar-refractivity contribution >= 4 is 45.6 Å². The van der Waals surface area contributed by atoms with Crippen LogP contribution in [-0.2, 0) is 0 Å². The maximum Gasteiger partial charge on any atom is 0.137 e. The molecule has 0 aliphatic heterocycles. The van der Waals surface area contributed by atoms with Gasteiger partial charge in [-0.25, -0.2) is 4.98 Å². The van der Waals surface area contributed by atoms with Gasteiger partial charge < -0.3 is 0 Å². The van der Waals surface area contributed by atoms with Gasteiger partial charge in [0.1, 0.15) is 5.15 Å². The lowest BCUT2D eigenvalue weighted by Crippen LogP contribution is -1.85. The molecule has 0 bridgehead atoms. The fraction of sp³-hybridized carbons (Fsp3) is 0.100. The number of aryl methyl sites for hydroxylation is 1. The first-order chi connectivity index (χ1) is 6.59. The van der Waals surface area contributed by atoms with Crippen LogP contribution in [0.3, 0.4) is 0 Å². The molecule has 0 spiro atoms. The van der Waals surface area contributed by atoms with E-state index in [1.165, 1.54) is 0 Å². The lowest BCUT2D eigenvalue weighted by atomic mass is 10.1. The van der Waals surface area contributed by atoms with E-state index in [4.69, 9.17) is 34.8 Å². The number of benzene rings is 1. The summed E-state index contributed by atoms with van der Waals surface area (Å²) >= 11 is 17.9. The predicted molar refractivity (Wildman–Crippen MR) is 61.5 cm³/mol. The van der Waals surface area contributed by atoms with Crippen molar-refractivity contribution in [1.29, 1.82) is 0 Å². The second-order valence-corrected chi connectivity index (χ2v) is 4.15. The molecule has 72 valence electrons. The fourth-order valence-corrected chi connectivity index (χ4v) is 2.03. The molecule has 2 rings (SSSR count). The Morgan fingerprint density at radius 1 is 1.07 bits per heavy atom. The van der Waals surface area contributed by atoms with Crippen LogP contribution < -0.4 is 0 Å². The summed E-state index contributed by atoms with van der Waals surface area (Å²) in [7, 11) is 0. The highest BCUT2D eigenvalue weighted by atomic mass is 35.5. The first kappa shape index (κ1) is 10.0. The predicted octanol–water partition coefficient (Wildman–Crippen LogP) is 4.50. The van der Waals surface area contributed by atoms with Crippen molar-refractivity contribution in [3.05, 3.63) is 39.1 Å². The average molecular weight is 247 g/mol. The first-order valence-electron chi connectivity index (χ1n) is 4.00. The van der Waals surface area contributed by atoms with E-state index in [-0.39, 0.29) is 0 Å². The second kappa shape index (κ2) is 3.58. The van der Waals surface area contributed by atoms with E-state index in [0.29, 0.717) is 15.2 Å². The average Bonchev–Trinajstić information content (AvgIpc) is 2.12. The van der Waals surface area contributed by atoms with Crippen molar-refractivity contribution in [3.63, 3.8) is 0 Å². The lowest BCUT2D eigenvalue weighted by molar-refractivity contribution is 1.22. The maximum absolute atomic E-state index is 6.05. The van der Waals surface area contributed by atoms with E-state index in [1.54, 1.807) is 6.07 Å². The summed E-state index contributed by atoms with van der Waals surface area (Å²) in [5.74, 6) is 0. The Labute approximate surface area is 96.6 Å². The molecule has 4 heteroatoms. The largest absolute Gasteiger partial charge is 0.241 e. The summed E-state index contributed by atoms with van der Waals surface area (Å²) in [6.45, 7) is 1.86. The van der Waals surface area contributed by atoms with Crippen molar-refractivity contribution in [1.82, 2.24) is 4.98 Å². The van der Waals surface area contributed by atoms with Crippen LogP contribution >= 0.6 is 34.8 Å². The summed E-state index contributed by atoms with van der Waals surface area (Å²) in [6, 6.07) is 5.41. The van der Waals surface area contributed by atoms with Crippen molar-refractivity contribution in [3.8, 4) is 0 Å². The molecular weight excluding hydrogens is 240 g/mol. The minimum absolute atomic E-state index is 0.457. The Hall–Kier alpha value is -0.500. The van der Waals surface area contributed by atoms with E-state index in [2.05, 4.69) is 4.98 Å². The van der Waals surface area contributed by atoms with Gasteiger partial charge in [0.25, 0.3) is 0 Å². The summed E-state index contributed by atoms with van der Waals surface area (Å²) in [4.78, 5) is 4.14. The highest BCUT2D eigenvalue weighted by molar-refractivity contribution is 6.46. The number of halogens is 3. The lowest BCUT2D eigenvalue weighted by Gasteiger charge is -2.04. The normalized spacial score (nSPS) is 10.9. The summed E-state index contributed by atoms with van der Waals surface area (Å²) < 4.78 is 0. The van der Waals surface area contributed by atoms with Crippen LogP contribution in [0.1, 0.15) is 5.69 Å². The van der Waals surface area contributed by atoms with E-state index in [0.717, 1.165) is 16.5 Å². The third-order valence-electron chi connectivity index (χ3n) is 1.98. The van der Waals surface area contributed by atoms with Gasteiger partial charge in [0.15, 0.2) is 0 Å². The third kappa shape index (κ3) is 1.56. The minimum atomic E-state index is 0.457. The molecule has 0 aliphatic carbocycles. The number of fused-ring (bicyclic) bond motifs is 1. The van der Waals surface area contributed by atoms with Gasteiger partial charge in [-0.3, -0.25) is 0 Å². The monoisotopic (exact) mass is 245 g/mol. The molecule has 1 heterocycles. The second-order valence-electron chi connectivity index (χ2n) is 3.01. The first-order valence-corrected chi connectivity index (χ1v) is 5.14. The number of pyridine rings is 1. The van der Waals surface area contributed by atoms with Crippen molar-refractivity contribution < 1.29 is 0 Å². The Morgan fingerprint density at radius 2 is 1.79 bits per heavy atom. The van der Waals surface area contributed by atoms with Crippen LogP contribution in [-0.4, -0.2) is 4.98 Å². The van der Waals surface area contributed by atoms with E-state index >= 15 is 0 Å². The van der Waals surface area contributed by atoms with E-state index < -0.39 is 0 Å². The van der Waals surface area contributed by atoms with E-state index in [9.17, 15) is 0 Å². The highest BCUT2D eigenvalue weighted by Crippen LogP contribution is 2.33. The molecular formula is C10H6Cl3N. The number of nitrogens with zero attached hydrogens (tertiary/aromatic N) is 1. The standard InChI is InChI=1S/C10H6Cl3N/c1-5-4-7-6(10(13)14-5)2-3-8(11)9(7)12/h2-4H,1H3. The Kier molecular flexibility index (Phi) is 2.56. The van der Waals surface area contributed by atoms with Crippen LogP contribution in [0.2, 0.25) is 15.2 Å². The van der Waals surface area contributed by atoms with Gasteiger partial charge in [0.05, 0.1) is 10.0 Å². The number of hydrogen-bond acceptors (Lipinski definition) is 1. The van der Waals surface area contributed by atoms with Gasteiger partial charge in [-0.15, -0.1) is 0 Å². The number of hydrogen-bond donors (Lipinski definition) is 0. The number of aromatic nitrogens is 1. The maximum atomic E-state index is 6.05. The molecule has 0 saturated carbocycles. The molecule has 1 aromatic carbocycles. The highest BCUT2D eigenvalue weighted by Gasteiger charge is 2.07. The van der Waals surface area contributed by atoms with Crippen LogP contribution in [0.5, 0.6) is 0 Å². The van der Waals surface area contributed by atoms with Gasteiger partial charge in [0, 0.05) is 16.5 Å². The fourth-order valence-electron chi connectivity index (χ4n) is 1.34. The van der Waals surface area contributed by atoms with Crippen LogP contribution in [0.4, 0.5) is 0 Å². The van der Waals surface area contributed by atoms with Crippen LogP contribution in [0, 0.1) is 6.92 Å². The zero-order valence-electron chi connectivity index (χ0n) is 7.31. The van der Waals surface area contributed by atoms with Crippen molar-refractivity contribution in [2.45, 2.75) is 6.92 Å². The summed E-state index contributed by atoms with van der Waals surface area (Å²) in [6.07, 6.45) is 0. The van der Waals surface area contributed by atoms with Crippen LogP contribution in [0.15, 0.2) is 18.2 Å². The molecule has 0 radical (unpaired) electrons. The molecule has 2 aromatic rings. The molecule has 0 unspecified atom stereocenters. The third-order valence-corrected chi connectivity index (χ3v) is 3.09. The minimum Gasteiger partial charge on any atom is -0.241 e. The van der Waals surface area contributed by atoms with Gasteiger partial charge >= 0.3 is 0 Å². The Balaban J connectivity index is 2.95. The molecule has 0 atom stereocenters. The molecule has 0 saturated heterocycles. The molecule has 14 heavy (non-hydrogen) atoms. The molecule has 0 N–H and O–H groups in total. The zero-order valence-corrected chi connectivity index (χ0v) is 9.58. The van der Waals surface area contributed by atoms with Gasteiger partial charge in [-0.2, -0.15) is 0 Å². The number of rotatable bonds is 0. The van der Waals surface area contributed by atoms with Gasteiger partial charge in [-0.05, 0) is 25.1 Å². The van der Waals surface area contributed by atoms with E-state index in [1.807, 2.05) is 19.1 Å². The summed E-state index contributed by atoms with van der Waals surface area (Å²) in [5, 5.41) is 3.18. The van der Waals surface area contributed by atoms with Gasteiger partial charge in [-0.1, -0.05) is 34.8 Å². The molecule has 0 fully saturated rings.